The molecule has 2 N–H and O–H groups in total. The lowest BCUT2D eigenvalue weighted by atomic mass is 10.2. The van der Waals surface area contributed by atoms with Crippen molar-refractivity contribution in [2.75, 3.05) is 0 Å². The molecule has 0 atom stereocenters. The monoisotopic (exact) mass is 155 g/mol. The Morgan fingerprint density at radius 2 is 1.64 bits per heavy atom. The predicted octanol–water partition coefficient (Wildman–Crippen LogP) is 3.25. The largest absolute Gasteiger partial charge is 0.399 e. The van der Waals surface area contributed by atoms with Gasteiger partial charge in [-0.3, -0.25) is 0 Å². The summed E-state index contributed by atoms with van der Waals surface area (Å²) in [5, 5.41) is 0. The molecule has 0 aromatic rings. The van der Waals surface area contributed by atoms with Gasteiger partial charge in [-0.25, -0.2) is 0 Å². The van der Waals surface area contributed by atoms with E-state index in [0.29, 0.717) is 5.70 Å². The molecule has 0 aromatic carbocycles. The average molecular weight is 155 g/mol. The van der Waals surface area contributed by atoms with E-state index in [9.17, 15) is 0 Å². The zero-order valence-electron chi connectivity index (χ0n) is 8.07. The Bertz CT molecular complexity index is 169. The van der Waals surface area contributed by atoms with E-state index in [4.69, 9.17) is 5.73 Å². The second kappa shape index (κ2) is 7.13. The molecule has 0 bridgehead atoms. The minimum atomic E-state index is 0. The van der Waals surface area contributed by atoms with Crippen molar-refractivity contribution in [3.63, 3.8) is 0 Å². The summed E-state index contributed by atoms with van der Waals surface area (Å²) in [4.78, 5) is 0. The van der Waals surface area contributed by atoms with Gasteiger partial charge in [-0.1, -0.05) is 32.6 Å². The maximum atomic E-state index is 5.52. The summed E-state index contributed by atoms with van der Waals surface area (Å²) >= 11 is 0. The molecule has 66 valence electrons. The molecule has 11 heavy (non-hydrogen) atoms. The minimum Gasteiger partial charge on any atom is -0.399 e. The van der Waals surface area contributed by atoms with Crippen LogP contribution in [0.15, 0.2) is 36.1 Å². The van der Waals surface area contributed by atoms with Crippen molar-refractivity contribution in [3.8, 4) is 0 Å². The fourth-order valence-electron chi connectivity index (χ4n) is 0.389. The summed E-state index contributed by atoms with van der Waals surface area (Å²) in [5.41, 5.74) is 8.07. The molecule has 0 rings (SSSR count). The summed E-state index contributed by atoms with van der Waals surface area (Å²) < 4.78 is 0. The first-order valence-corrected chi connectivity index (χ1v) is 3.82. The highest BCUT2D eigenvalue weighted by molar-refractivity contribution is 5.29. The van der Waals surface area contributed by atoms with Crippen LogP contribution in [-0.2, 0) is 0 Å². The highest BCUT2D eigenvalue weighted by Crippen LogP contribution is 2.01. The number of hydrogen-bond acceptors (Lipinski definition) is 1. The highest BCUT2D eigenvalue weighted by atomic mass is 14.6. The Balaban J connectivity index is -0.000000249. The van der Waals surface area contributed by atoms with Gasteiger partial charge in [0.15, 0.2) is 0 Å². The van der Waals surface area contributed by atoms with Gasteiger partial charge in [0.05, 0.1) is 0 Å². The van der Waals surface area contributed by atoms with Gasteiger partial charge in [0.1, 0.15) is 0 Å². The fraction of sp³-hybridized carbons (Fsp3) is 0.400. The molecule has 0 fully saturated rings. The third-order valence-electron chi connectivity index (χ3n) is 0.895. The number of nitrogens with two attached hydrogens (primary N) is 1. The molecule has 0 aromatic heterocycles. The van der Waals surface area contributed by atoms with Crippen molar-refractivity contribution in [3.05, 3.63) is 36.1 Å². The summed E-state index contributed by atoms with van der Waals surface area (Å²) in [5.74, 6) is 0. The van der Waals surface area contributed by atoms with Gasteiger partial charge in [0.25, 0.3) is 0 Å². The minimum absolute atomic E-state index is 0. The molecule has 0 aliphatic carbocycles. The van der Waals surface area contributed by atoms with Crippen LogP contribution in [0.25, 0.3) is 0 Å². The lowest BCUT2D eigenvalue weighted by Crippen LogP contribution is -1.96. The number of allylic oxidation sites excluding steroid dienone is 3. The van der Waals surface area contributed by atoms with Crippen LogP contribution in [0.5, 0.6) is 0 Å². The molecule has 0 aliphatic rings. The summed E-state index contributed by atoms with van der Waals surface area (Å²) in [6.45, 7) is 15.1. The molecule has 0 radical (unpaired) electrons. The quantitative estimate of drug-likeness (QED) is 0.609. The maximum Gasteiger partial charge on any atom is 0.0340 e. The number of hydrogen-bond donors (Lipinski definition) is 1. The lowest BCUT2D eigenvalue weighted by Gasteiger charge is -1.96. The van der Waals surface area contributed by atoms with E-state index in [1.54, 1.807) is 0 Å². The van der Waals surface area contributed by atoms with E-state index in [2.05, 4.69) is 13.2 Å². The zero-order valence-corrected chi connectivity index (χ0v) is 8.07. The standard InChI is InChI=1S/C8H13N.C2H6.H2/c1-6(2)5-8(9)7(3)4;1-2;/h5H,1,3,9H2,2,4H3;1-2H3;1H/b8-5+;;. The molecule has 1 heteroatoms. The van der Waals surface area contributed by atoms with Gasteiger partial charge in [0, 0.05) is 7.12 Å². The van der Waals surface area contributed by atoms with Crippen molar-refractivity contribution < 1.29 is 1.43 Å². The summed E-state index contributed by atoms with van der Waals surface area (Å²) in [7, 11) is 0. The molecule has 0 spiro atoms. The topological polar surface area (TPSA) is 26.0 Å². The molecular formula is C10H21N. The maximum absolute atomic E-state index is 5.52. The van der Waals surface area contributed by atoms with Crippen LogP contribution in [-0.4, -0.2) is 0 Å². The van der Waals surface area contributed by atoms with Gasteiger partial charge >= 0.3 is 0 Å². The Labute approximate surface area is 71.8 Å². The first-order chi connectivity index (χ1) is 5.04. The van der Waals surface area contributed by atoms with Crippen molar-refractivity contribution in [1.29, 1.82) is 0 Å². The third kappa shape index (κ3) is 9.02. The van der Waals surface area contributed by atoms with Gasteiger partial charge < -0.3 is 5.73 Å². The van der Waals surface area contributed by atoms with E-state index >= 15 is 0 Å². The van der Waals surface area contributed by atoms with Crippen LogP contribution >= 0.6 is 0 Å². The lowest BCUT2D eigenvalue weighted by molar-refractivity contribution is 1.29. The first kappa shape index (κ1) is 12.7. The number of rotatable bonds is 2. The first-order valence-electron chi connectivity index (χ1n) is 3.82. The Morgan fingerprint density at radius 1 is 1.27 bits per heavy atom. The van der Waals surface area contributed by atoms with Crippen molar-refractivity contribution in [1.82, 2.24) is 0 Å². The van der Waals surface area contributed by atoms with Gasteiger partial charge in [-0.05, 0) is 25.5 Å². The van der Waals surface area contributed by atoms with Gasteiger partial charge in [0.2, 0.25) is 0 Å². The molecule has 0 aliphatic heterocycles. The Kier molecular flexibility index (Phi) is 8.22. The van der Waals surface area contributed by atoms with Gasteiger partial charge in [-0.15, -0.1) is 0 Å². The predicted molar refractivity (Wildman–Crippen MR) is 55.4 cm³/mol. The smallest absolute Gasteiger partial charge is 0.0340 e. The molecule has 0 unspecified atom stereocenters. The van der Waals surface area contributed by atoms with Crippen molar-refractivity contribution in [2.24, 2.45) is 5.73 Å². The average Bonchev–Trinajstić information content (AvgIpc) is 1.90. The molecule has 0 saturated carbocycles. The van der Waals surface area contributed by atoms with Crippen LogP contribution in [0, 0.1) is 0 Å². The van der Waals surface area contributed by atoms with Crippen LogP contribution in [0.4, 0.5) is 0 Å². The second-order valence-corrected chi connectivity index (χ2v) is 2.23. The third-order valence-corrected chi connectivity index (χ3v) is 0.895. The Hall–Kier alpha value is -0.980. The van der Waals surface area contributed by atoms with Crippen molar-refractivity contribution >= 4 is 0 Å². The highest BCUT2D eigenvalue weighted by Gasteiger charge is 1.87. The molecule has 0 saturated heterocycles. The van der Waals surface area contributed by atoms with E-state index in [0.717, 1.165) is 11.1 Å². The van der Waals surface area contributed by atoms with E-state index in [1.165, 1.54) is 0 Å². The van der Waals surface area contributed by atoms with Crippen LogP contribution in [0.3, 0.4) is 0 Å². The molecule has 0 heterocycles. The van der Waals surface area contributed by atoms with E-state index < -0.39 is 0 Å². The zero-order chi connectivity index (χ0) is 9.44. The van der Waals surface area contributed by atoms with Crippen molar-refractivity contribution in [2.45, 2.75) is 27.7 Å². The van der Waals surface area contributed by atoms with Crippen LogP contribution in [0.1, 0.15) is 29.1 Å². The van der Waals surface area contributed by atoms with Crippen LogP contribution < -0.4 is 5.73 Å². The second-order valence-electron chi connectivity index (χ2n) is 2.23. The molecule has 1 nitrogen and oxygen atoms in total. The normalized spacial score (nSPS) is 9.64. The molecule has 0 amide bonds. The fourth-order valence-corrected chi connectivity index (χ4v) is 0.389. The summed E-state index contributed by atoms with van der Waals surface area (Å²) in [6, 6.07) is 0. The molecular weight excluding hydrogens is 134 g/mol. The van der Waals surface area contributed by atoms with Crippen LogP contribution in [0.2, 0.25) is 0 Å². The van der Waals surface area contributed by atoms with E-state index in [-0.39, 0.29) is 1.43 Å². The van der Waals surface area contributed by atoms with Gasteiger partial charge in [-0.2, -0.15) is 0 Å². The summed E-state index contributed by atoms with van der Waals surface area (Å²) in [6.07, 6.45) is 1.81. The SMILES string of the molecule is C=C(C)/C=C(/N)C(=C)C.CC.[HH]. The Morgan fingerprint density at radius 3 is 1.73 bits per heavy atom. The van der Waals surface area contributed by atoms with E-state index in [1.807, 2.05) is 33.8 Å².